The van der Waals surface area contributed by atoms with Gasteiger partial charge < -0.3 is 10.2 Å². The molecule has 0 heterocycles. The minimum absolute atomic E-state index is 0.710. The van der Waals surface area contributed by atoms with Crippen molar-refractivity contribution in [1.82, 2.24) is 4.90 Å². The second-order valence-electron chi connectivity index (χ2n) is 4.38. The van der Waals surface area contributed by atoms with Gasteiger partial charge in [-0.15, -0.1) is 0 Å². The van der Waals surface area contributed by atoms with E-state index in [1.807, 2.05) is 0 Å². The Balaban J connectivity index is 2.30. The van der Waals surface area contributed by atoms with Crippen LogP contribution in [0.1, 0.15) is 26.7 Å². The van der Waals surface area contributed by atoms with Crippen LogP contribution in [0.2, 0.25) is 0 Å². The van der Waals surface area contributed by atoms with Crippen LogP contribution in [0, 0.1) is 0 Å². The van der Waals surface area contributed by atoms with Gasteiger partial charge in [0.15, 0.2) is 0 Å². The van der Waals surface area contributed by atoms with Crippen LogP contribution < -0.4 is 5.32 Å². The van der Waals surface area contributed by atoms with Gasteiger partial charge in [0, 0.05) is 29.3 Å². The molecule has 1 rings (SSSR count). The molecule has 0 aliphatic heterocycles. The molecular formula is C14H23BrN2. The van der Waals surface area contributed by atoms with E-state index in [1.165, 1.54) is 18.5 Å². The first-order chi connectivity index (χ1) is 8.17. The van der Waals surface area contributed by atoms with Crippen molar-refractivity contribution < 1.29 is 0 Å². The van der Waals surface area contributed by atoms with E-state index in [1.54, 1.807) is 0 Å². The van der Waals surface area contributed by atoms with Gasteiger partial charge in [0.2, 0.25) is 0 Å². The fraction of sp³-hybridized carbons (Fsp3) is 0.571. The summed E-state index contributed by atoms with van der Waals surface area (Å²) in [4.78, 5) is 2.44. The molecule has 0 aromatic heterocycles. The van der Waals surface area contributed by atoms with Crippen LogP contribution in [0.5, 0.6) is 0 Å². The van der Waals surface area contributed by atoms with Gasteiger partial charge in [-0.3, -0.25) is 0 Å². The summed E-state index contributed by atoms with van der Waals surface area (Å²) in [5, 5.41) is 3.44. The summed E-state index contributed by atoms with van der Waals surface area (Å²) in [6, 6.07) is 9.03. The molecule has 0 spiro atoms. The van der Waals surface area contributed by atoms with Gasteiger partial charge in [-0.25, -0.2) is 0 Å². The predicted molar refractivity (Wildman–Crippen MR) is 79.6 cm³/mol. The minimum Gasteiger partial charge on any atom is -0.384 e. The van der Waals surface area contributed by atoms with Crippen LogP contribution in [0.4, 0.5) is 5.69 Å². The maximum absolute atomic E-state index is 3.44. The van der Waals surface area contributed by atoms with Crippen LogP contribution in [0.25, 0.3) is 0 Å². The lowest BCUT2D eigenvalue weighted by Gasteiger charge is -2.26. The van der Waals surface area contributed by atoms with E-state index in [-0.39, 0.29) is 0 Å². The smallest absolute Gasteiger partial charge is 0.0341 e. The number of benzene rings is 1. The lowest BCUT2D eigenvalue weighted by atomic mass is 10.1. The van der Waals surface area contributed by atoms with E-state index in [2.05, 4.69) is 71.3 Å². The van der Waals surface area contributed by atoms with Gasteiger partial charge in [0.25, 0.3) is 0 Å². The zero-order valence-electron chi connectivity index (χ0n) is 11.0. The molecule has 0 fully saturated rings. The summed E-state index contributed by atoms with van der Waals surface area (Å²) in [6.45, 7) is 6.59. The number of nitrogens with zero attached hydrogens (tertiary/aromatic N) is 1. The summed E-state index contributed by atoms with van der Waals surface area (Å²) in [5.74, 6) is 0. The molecule has 0 radical (unpaired) electrons. The molecule has 1 N–H and O–H groups in total. The molecule has 0 saturated heterocycles. The van der Waals surface area contributed by atoms with Gasteiger partial charge >= 0.3 is 0 Å². The third-order valence-electron chi connectivity index (χ3n) is 3.20. The predicted octanol–water partition coefficient (Wildman–Crippen LogP) is 3.98. The Labute approximate surface area is 114 Å². The maximum atomic E-state index is 3.44. The first-order valence-corrected chi connectivity index (χ1v) is 7.16. The van der Waals surface area contributed by atoms with E-state index in [4.69, 9.17) is 0 Å². The van der Waals surface area contributed by atoms with E-state index in [9.17, 15) is 0 Å². The third kappa shape index (κ3) is 5.09. The molecule has 17 heavy (non-hydrogen) atoms. The molecule has 2 nitrogen and oxygen atoms in total. The Morgan fingerprint density at radius 2 is 1.76 bits per heavy atom. The van der Waals surface area contributed by atoms with Crippen molar-refractivity contribution in [2.45, 2.75) is 32.7 Å². The maximum Gasteiger partial charge on any atom is 0.0341 e. The molecule has 0 saturated carbocycles. The third-order valence-corrected chi connectivity index (χ3v) is 3.73. The van der Waals surface area contributed by atoms with Crippen LogP contribution in [-0.2, 0) is 0 Å². The number of halogens is 1. The largest absolute Gasteiger partial charge is 0.384 e. The van der Waals surface area contributed by atoms with E-state index in [0.29, 0.717) is 6.04 Å². The second-order valence-corrected chi connectivity index (χ2v) is 5.30. The van der Waals surface area contributed by atoms with Gasteiger partial charge in [-0.05, 0) is 44.2 Å². The number of hydrogen-bond acceptors (Lipinski definition) is 2. The molecule has 0 atom stereocenters. The summed E-state index contributed by atoms with van der Waals surface area (Å²) in [6.07, 6.45) is 2.45. The lowest BCUT2D eigenvalue weighted by Crippen LogP contribution is -2.34. The Bertz CT molecular complexity index is 307. The van der Waals surface area contributed by atoms with E-state index in [0.717, 1.165) is 17.6 Å². The molecule has 0 amide bonds. The van der Waals surface area contributed by atoms with Gasteiger partial charge in [0.05, 0.1) is 0 Å². The molecule has 1 aromatic carbocycles. The molecule has 3 heteroatoms. The van der Waals surface area contributed by atoms with Crippen molar-refractivity contribution in [3.05, 3.63) is 28.7 Å². The molecule has 96 valence electrons. The van der Waals surface area contributed by atoms with Crippen molar-refractivity contribution in [3.8, 4) is 0 Å². The van der Waals surface area contributed by atoms with E-state index >= 15 is 0 Å². The Morgan fingerprint density at radius 3 is 2.29 bits per heavy atom. The lowest BCUT2D eigenvalue weighted by molar-refractivity contribution is 0.238. The Hall–Kier alpha value is -0.540. The van der Waals surface area contributed by atoms with Crippen molar-refractivity contribution in [2.24, 2.45) is 0 Å². The van der Waals surface area contributed by atoms with Crippen LogP contribution in [0.3, 0.4) is 0 Å². The number of anilines is 1. The average molecular weight is 299 g/mol. The monoisotopic (exact) mass is 298 g/mol. The van der Waals surface area contributed by atoms with Gasteiger partial charge in [-0.2, -0.15) is 0 Å². The van der Waals surface area contributed by atoms with Crippen molar-refractivity contribution in [3.63, 3.8) is 0 Å². The van der Waals surface area contributed by atoms with Crippen LogP contribution in [0.15, 0.2) is 28.7 Å². The zero-order valence-corrected chi connectivity index (χ0v) is 12.6. The highest BCUT2D eigenvalue weighted by Gasteiger charge is 2.08. The van der Waals surface area contributed by atoms with Gasteiger partial charge in [0.1, 0.15) is 0 Å². The first-order valence-electron chi connectivity index (χ1n) is 6.37. The molecular weight excluding hydrogens is 276 g/mol. The second kappa shape index (κ2) is 7.72. The fourth-order valence-electron chi connectivity index (χ4n) is 2.04. The highest BCUT2D eigenvalue weighted by molar-refractivity contribution is 9.10. The van der Waals surface area contributed by atoms with Gasteiger partial charge in [-0.1, -0.05) is 29.8 Å². The first kappa shape index (κ1) is 14.5. The molecule has 1 aromatic rings. The normalized spacial score (nSPS) is 11.2. The number of likely N-dealkylation sites (N-methyl/N-ethyl adjacent to an activating group) is 1. The molecule has 0 aliphatic carbocycles. The number of nitrogens with one attached hydrogen (secondary N) is 1. The highest BCUT2D eigenvalue weighted by atomic mass is 79.9. The summed E-state index contributed by atoms with van der Waals surface area (Å²) in [5.41, 5.74) is 1.19. The quantitative estimate of drug-likeness (QED) is 0.819. The summed E-state index contributed by atoms with van der Waals surface area (Å²) >= 11 is 3.44. The summed E-state index contributed by atoms with van der Waals surface area (Å²) in [7, 11) is 2.21. The zero-order chi connectivity index (χ0) is 12.7. The van der Waals surface area contributed by atoms with Crippen molar-refractivity contribution in [1.29, 1.82) is 0 Å². The Kier molecular flexibility index (Phi) is 6.60. The molecule has 0 unspecified atom stereocenters. The summed E-state index contributed by atoms with van der Waals surface area (Å²) < 4.78 is 1.12. The average Bonchev–Trinajstić information content (AvgIpc) is 2.33. The van der Waals surface area contributed by atoms with E-state index < -0.39 is 0 Å². The number of hydrogen-bond donors (Lipinski definition) is 1. The highest BCUT2D eigenvalue weighted by Crippen LogP contribution is 2.14. The minimum atomic E-state index is 0.710. The number of rotatable bonds is 7. The van der Waals surface area contributed by atoms with Crippen molar-refractivity contribution in [2.75, 3.05) is 25.5 Å². The Morgan fingerprint density at radius 1 is 1.18 bits per heavy atom. The molecule has 0 aliphatic rings. The SMILES string of the molecule is CCC(CC)N(C)CCNc1ccc(Br)cc1. The standard InChI is InChI=1S/C14H23BrN2/c1-4-14(5-2)17(3)11-10-16-13-8-6-12(15)7-9-13/h6-9,14,16H,4-5,10-11H2,1-3H3. The van der Waals surface area contributed by atoms with Crippen LogP contribution >= 0.6 is 15.9 Å². The molecule has 0 bridgehead atoms. The van der Waals surface area contributed by atoms with Crippen LogP contribution in [-0.4, -0.2) is 31.1 Å². The fourth-order valence-corrected chi connectivity index (χ4v) is 2.30. The van der Waals surface area contributed by atoms with Crippen molar-refractivity contribution >= 4 is 21.6 Å². The topological polar surface area (TPSA) is 15.3 Å².